The Kier molecular flexibility index (Phi) is 4.76. The molecular formula is C10H20OS. The molecular weight excluding hydrogens is 168 g/mol. The zero-order valence-electron chi connectivity index (χ0n) is 8.81. The van der Waals surface area contributed by atoms with Crippen LogP contribution < -0.4 is 0 Å². The number of rotatable bonds is 3. The third kappa shape index (κ3) is 5.53. The van der Waals surface area contributed by atoms with Crippen LogP contribution in [0.3, 0.4) is 0 Å². The van der Waals surface area contributed by atoms with E-state index in [-0.39, 0.29) is 5.41 Å². The predicted octanol–water partition coefficient (Wildman–Crippen LogP) is 3.42. The summed E-state index contributed by atoms with van der Waals surface area (Å²) in [5.41, 5.74) is 0.00626. The average Bonchev–Trinajstić information content (AvgIpc) is 1.84. The highest BCUT2D eigenvalue weighted by Crippen LogP contribution is 2.17. The number of thiocarbonyl (C=S) groups is 1. The van der Waals surface area contributed by atoms with Crippen LogP contribution in [0, 0.1) is 11.3 Å². The van der Waals surface area contributed by atoms with Crippen molar-refractivity contribution in [1.82, 2.24) is 0 Å². The first kappa shape index (κ1) is 11.9. The molecule has 0 unspecified atom stereocenters. The summed E-state index contributed by atoms with van der Waals surface area (Å²) in [5.74, 6) is 0.688. The molecule has 0 fully saturated rings. The summed E-state index contributed by atoms with van der Waals surface area (Å²) in [7, 11) is 0. The van der Waals surface area contributed by atoms with Gasteiger partial charge in [-0.2, -0.15) is 0 Å². The van der Waals surface area contributed by atoms with Crippen molar-refractivity contribution in [3.05, 3.63) is 0 Å². The molecule has 0 aromatic heterocycles. The molecule has 0 heterocycles. The average molecular weight is 188 g/mol. The summed E-state index contributed by atoms with van der Waals surface area (Å²) < 4.78 is 5.45. The Bertz CT molecular complexity index is 144. The van der Waals surface area contributed by atoms with E-state index in [0.717, 1.165) is 18.1 Å². The topological polar surface area (TPSA) is 9.23 Å². The molecule has 0 aliphatic rings. The normalized spacial score (nSPS) is 11.8. The molecule has 0 aromatic carbocycles. The largest absolute Gasteiger partial charge is 0.486 e. The smallest absolute Gasteiger partial charge is 0.164 e. The Labute approximate surface area is 81.5 Å². The Morgan fingerprint density at radius 3 is 2.17 bits per heavy atom. The molecule has 2 heteroatoms. The SMILES string of the molecule is CC(C)CCOC(=S)C(C)(C)C. The number of hydrogen-bond acceptors (Lipinski definition) is 2. The zero-order chi connectivity index (χ0) is 9.78. The zero-order valence-corrected chi connectivity index (χ0v) is 9.62. The number of hydrogen-bond donors (Lipinski definition) is 0. The monoisotopic (exact) mass is 188 g/mol. The molecule has 0 N–H and O–H groups in total. The second-order valence-corrected chi connectivity index (χ2v) is 4.94. The molecule has 0 saturated carbocycles. The van der Waals surface area contributed by atoms with E-state index in [1.165, 1.54) is 0 Å². The van der Waals surface area contributed by atoms with Crippen molar-refractivity contribution in [2.24, 2.45) is 11.3 Å². The van der Waals surface area contributed by atoms with Gasteiger partial charge in [0.2, 0.25) is 0 Å². The molecule has 0 saturated heterocycles. The van der Waals surface area contributed by atoms with Crippen LogP contribution in [0.5, 0.6) is 0 Å². The van der Waals surface area contributed by atoms with Crippen molar-refractivity contribution < 1.29 is 4.74 Å². The van der Waals surface area contributed by atoms with Crippen LogP contribution in [-0.4, -0.2) is 11.7 Å². The van der Waals surface area contributed by atoms with E-state index in [4.69, 9.17) is 17.0 Å². The summed E-state index contributed by atoms with van der Waals surface area (Å²) >= 11 is 5.12. The van der Waals surface area contributed by atoms with Gasteiger partial charge < -0.3 is 4.74 Å². The molecule has 0 aliphatic carbocycles. The maximum absolute atomic E-state index is 5.45. The second kappa shape index (κ2) is 4.80. The third-order valence-corrected chi connectivity index (χ3v) is 2.27. The molecule has 0 spiro atoms. The first-order chi connectivity index (χ1) is 5.34. The van der Waals surface area contributed by atoms with Crippen molar-refractivity contribution in [2.75, 3.05) is 6.61 Å². The van der Waals surface area contributed by atoms with Crippen LogP contribution >= 0.6 is 12.2 Å². The van der Waals surface area contributed by atoms with Crippen LogP contribution in [0.15, 0.2) is 0 Å². The van der Waals surface area contributed by atoms with Gasteiger partial charge in [0, 0.05) is 5.41 Å². The van der Waals surface area contributed by atoms with Crippen molar-refractivity contribution in [1.29, 1.82) is 0 Å². The molecule has 0 aromatic rings. The minimum Gasteiger partial charge on any atom is -0.486 e. The quantitative estimate of drug-likeness (QED) is 0.628. The van der Waals surface area contributed by atoms with E-state index in [0.29, 0.717) is 5.92 Å². The Morgan fingerprint density at radius 1 is 1.33 bits per heavy atom. The first-order valence-electron chi connectivity index (χ1n) is 4.51. The van der Waals surface area contributed by atoms with Gasteiger partial charge in [-0.15, -0.1) is 0 Å². The Balaban J connectivity index is 3.59. The lowest BCUT2D eigenvalue weighted by Crippen LogP contribution is -2.21. The summed E-state index contributed by atoms with van der Waals surface area (Å²) in [6.07, 6.45) is 1.08. The summed E-state index contributed by atoms with van der Waals surface area (Å²) in [5, 5.41) is 0.725. The van der Waals surface area contributed by atoms with Crippen LogP contribution in [0.1, 0.15) is 41.0 Å². The Hall–Kier alpha value is -0.110. The van der Waals surface area contributed by atoms with E-state index in [9.17, 15) is 0 Å². The van der Waals surface area contributed by atoms with Gasteiger partial charge in [0.25, 0.3) is 0 Å². The summed E-state index contributed by atoms with van der Waals surface area (Å²) in [4.78, 5) is 0. The molecule has 0 aliphatic heterocycles. The lowest BCUT2D eigenvalue weighted by Gasteiger charge is -2.20. The van der Waals surface area contributed by atoms with Gasteiger partial charge in [0.15, 0.2) is 5.05 Å². The van der Waals surface area contributed by atoms with Crippen molar-refractivity contribution in [3.8, 4) is 0 Å². The fraction of sp³-hybridized carbons (Fsp3) is 0.900. The van der Waals surface area contributed by atoms with Crippen LogP contribution in [-0.2, 0) is 4.74 Å². The lowest BCUT2D eigenvalue weighted by molar-refractivity contribution is 0.253. The maximum atomic E-state index is 5.45. The molecule has 12 heavy (non-hydrogen) atoms. The van der Waals surface area contributed by atoms with Gasteiger partial charge in [-0.25, -0.2) is 0 Å². The van der Waals surface area contributed by atoms with Gasteiger partial charge in [-0.3, -0.25) is 0 Å². The lowest BCUT2D eigenvalue weighted by atomic mass is 9.98. The molecule has 0 amide bonds. The van der Waals surface area contributed by atoms with Crippen molar-refractivity contribution in [3.63, 3.8) is 0 Å². The summed E-state index contributed by atoms with van der Waals surface area (Å²) in [6, 6.07) is 0. The predicted molar refractivity (Wildman–Crippen MR) is 57.5 cm³/mol. The van der Waals surface area contributed by atoms with Gasteiger partial charge in [-0.05, 0) is 24.6 Å². The fourth-order valence-electron chi connectivity index (χ4n) is 0.604. The van der Waals surface area contributed by atoms with Crippen molar-refractivity contribution in [2.45, 2.75) is 41.0 Å². The number of ether oxygens (including phenoxy) is 1. The van der Waals surface area contributed by atoms with Crippen LogP contribution in [0.4, 0.5) is 0 Å². The standard InChI is InChI=1S/C10H20OS/c1-8(2)6-7-11-9(12)10(3,4)5/h8H,6-7H2,1-5H3. The van der Waals surface area contributed by atoms with E-state index in [1.807, 2.05) is 0 Å². The van der Waals surface area contributed by atoms with E-state index < -0.39 is 0 Å². The minimum atomic E-state index is 0.00626. The van der Waals surface area contributed by atoms with Gasteiger partial charge in [0.05, 0.1) is 6.61 Å². The Morgan fingerprint density at radius 2 is 1.83 bits per heavy atom. The van der Waals surface area contributed by atoms with Crippen LogP contribution in [0.25, 0.3) is 0 Å². The van der Waals surface area contributed by atoms with E-state index >= 15 is 0 Å². The molecule has 1 nitrogen and oxygen atoms in total. The highest BCUT2D eigenvalue weighted by molar-refractivity contribution is 7.80. The van der Waals surface area contributed by atoms with Gasteiger partial charge in [-0.1, -0.05) is 34.6 Å². The van der Waals surface area contributed by atoms with E-state index in [1.54, 1.807) is 0 Å². The molecule has 0 atom stereocenters. The van der Waals surface area contributed by atoms with E-state index in [2.05, 4.69) is 34.6 Å². The molecule has 0 bridgehead atoms. The second-order valence-electron chi connectivity index (χ2n) is 4.57. The highest BCUT2D eigenvalue weighted by atomic mass is 32.1. The minimum absolute atomic E-state index is 0.00626. The first-order valence-corrected chi connectivity index (χ1v) is 4.92. The van der Waals surface area contributed by atoms with Crippen LogP contribution in [0.2, 0.25) is 0 Å². The highest BCUT2D eigenvalue weighted by Gasteiger charge is 2.18. The molecule has 72 valence electrons. The molecule has 0 radical (unpaired) electrons. The maximum Gasteiger partial charge on any atom is 0.164 e. The fourth-order valence-corrected chi connectivity index (χ4v) is 0.687. The van der Waals surface area contributed by atoms with Gasteiger partial charge in [0.1, 0.15) is 0 Å². The van der Waals surface area contributed by atoms with Crippen molar-refractivity contribution >= 4 is 17.3 Å². The summed E-state index contributed by atoms with van der Waals surface area (Å²) in [6.45, 7) is 11.3. The van der Waals surface area contributed by atoms with Gasteiger partial charge >= 0.3 is 0 Å². The third-order valence-electron chi connectivity index (χ3n) is 1.54. The molecule has 0 rings (SSSR count).